The van der Waals surface area contributed by atoms with E-state index < -0.39 is 18.1 Å². The molecule has 0 aliphatic carbocycles. The third kappa shape index (κ3) is 3.53. The quantitative estimate of drug-likeness (QED) is 0.392. The van der Waals surface area contributed by atoms with Crippen LogP contribution in [-0.4, -0.2) is 40.6 Å². The first-order valence-electron chi connectivity index (χ1n) is 10.5. The third-order valence-corrected chi connectivity index (χ3v) is 6.65. The topological polar surface area (TPSA) is 57.9 Å². The summed E-state index contributed by atoms with van der Waals surface area (Å²) < 4.78 is 47.8. The van der Waals surface area contributed by atoms with Gasteiger partial charge in [0.25, 0.3) is 0 Å². The van der Waals surface area contributed by atoms with Crippen molar-refractivity contribution in [1.82, 2.24) is 14.4 Å². The molecule has 0 radical (unpaired) electrons. The summed E-state index contributed by atoms with van der Waals surface area (Å²) in [5.41, 5.74) is 0.970. The molecule has 0 bridgehead atoms. The van der Waals surface area contributed by atoms with Crippen LogP contribution in [-0.2, 0) is 21.7 Å². The van der Waals surface area contributed by atoms with E-state index in [9.17, 15) is 8.78 Å². The number of imidazole rings is 1. The number of methoxy groups -OCH3 is 1. The van der Waals surface area contributed by atoms with Gasteiger partial charge >= 0.3 is 5.92 Å². The average Bonchev–Trinajstić information content (AvgIpc) is 3.27. The van der Waals surface area contributed by atoms with Crippen LogP contribution in [0.5, 0.6) is 5.75 Å². The second-order valence-electron chi connectivity index (χ2n) is 8.08. The Morgan fingerprint density at radius 1 is 1.24 bits per heavy atom. The summed E-state index contributed by atoms with van der Waals surface area (Å²) in [6.45, 7) is 1.58. The molecule has 2 aromatic heterocycles. The summed E-state index contributed by atoms with van der Waals surface area (Å²) in [6.07, 6.45) is 3.52. The summed E-state index contributed by atoms with van der Waals surface area (Å²) >= 11 is 6.76. The van der Waals surface area contributed by atoms with Crippen LogP contribution in [0.4, 0.5) is 8.78 Å². The number of halogens is 3. The van der Waals surface area contributed by atoms with Gasteiger partial charge in [0.2, 0.25) is 5.78 Å². The van der Waals surface area contributed by atoms with Crippen LogP contribution >= 0.6 is 11.6 Å². The van der Waals surface area contributed by atoms with Gasteiger partial charge in [0.15, 0.2) is 5.60 Å². The van der Waals surface area contributed by atoms with Crippen LogP contribution in [0.2, 0.25) is 5.02 Å². The Bertz CT molecular complexity index is 1340. The zero-order valence-electron chi connectivity index (χ0n) is 18.1. The van der Waals surface area contributed by atoms with Gasteiger partial charge in [0.1, 0.15) is 19.0 Å². The highest BCUT2D eigenvalue weighted by atomic mass is 35.5. The molecule has 172 valence electrons. The average molecular weight is 474 g/mol. The van der Waals surface area contributed by atoms with E-state index in [2.05, 4.69) is 9.97 Å². The minimum Gasteiger partial charge on any atom is -0.489 e. The third-order valence-electron chi connectivity index (χ3n) is 6.23. The Morgan fingerprint density at radius 3 is 2.88 bits per heavy atom. The first-order valence-corrected chi connectivity index (χ1v) is 10.9. The Hall–Kier alpha value is -2.81. The van der Waals surface area contributed by atoms with Crippen molar-refractivity contribution >= 4 is 28.3 Å². The summed E-state index contributed by atoms with van der Waals surface area (Å²) in [7, 11) is 1.30. The first-order chi connectivity index (χ1) is 15.9. The fourth-order valence-corrected chi connectivity index (χ4v) is 4.76. The van der Waals surface area contributed by atoms with Crippen molar-refractivity contribution in [3.8, 4) is 5.75 Å². The number of alkyl halides is 2. The lowest BCUT2D eigenvalue weighted by Gasteiger charge is -2.42. The van der Waals surface area contributed by atoms with Crippen molar-refractivity contribution in [2.75, 3.05) is 20.3 Å². The number of rotatable bonds is 5. The second kappa shape index (κ2) is 8.20. The van der Waals surface area contributed by atoms with Crippen molar-refractivity contribution in [3.63, 3.8) is 0 Å². The molecule has 0 N–H and O–H groups in total. The van der Waals surface area contributed by atoms with Gasteiger partial charge in [-0.2, -0.15) is 0 Å². The Morgan fingerprint density at radius 2 is 2.09 bits per heavy atom. The second-order valence-corrected chi connectivity index (χ2v) is 8.46. The molecule has 5 rings (SSSR count). The molecular formula is C24H22ClF2N3O3. The molecule has 1 aliphatic rings. The standard InChI is InChI=1S/C24H22ClF2N3O3/c1-15-19-7-6-16(20(25)21(19)30-10-9-28-22(30)29-15)13-33-18-5-3-4-17(12-18)23(31-2)8-11-32-14-24(23,26)27/h3-7,9-10,12H,8,11,13-14H2,1-2H3. The molecule has 9 heteroatoms. The van der Waals surface area contributed by atoms with Gasteiger partial charge in [-0.1, -0.05) is 35.9 Å². The number of aromatic nitrogens is 3. The fourth-order valence-electron chi connectivity index (χ4n) is 4.45. The van der Waals surface area contributed by atoms with Crippen molar-refractivity contribution in [2.45, 2.75) is 31.5 Å². The minimum absolute atomic E-state index is 0.0464. The molecule has 2 aromatic carbocycles. The molecule has 1 atom stereocenters. The number of nitrogens with zero attached hydrogens (tertiary/aromatic N) is 3. The minimum atomic E-state index is -3.16. The highest BCUT2D eigenvalue weighted by Crippen LogP contribution is 2.46. The van der Waals surface area contributed by atoms with E-state index in [0.717, 1.165) is 22.2 Å². The SMILES string of the molecule is COC1(c2cccc(OCc3ccc4c(C)nc5nccn5c4c3Cl)c2)CCOCC1(F)F. The summed E-state index contributed by atoms with van der Waals surface area (Å²) in [5, 5.41) is 1.45. The largest absolute Gasteiger partial charge is 0.489 e. The van der Waals surface area contributed by atoms with Crippen molar-refractivity contribution in [3.05, 3.63) is 70.6 Å². The number of ether oxygens (including phenoxy) is 3. The monoisotopic (exact) mass is 473 g/mol. The van der Waals surface area contributed by atoms with E-state index in [1.165, 1.54) is 7.11 Å². The molecule has 3 heterocycles. The van der Waals surface area contributed by atoms with E-state index in [0.29, 0.717) is 22.1 Å². The fraction of sp³-hybridized carbons (Fsp3) is 0.333. The molecule has 0 saturated carbocycles. The Labute approximate surface area is 194 Å². The van der Waals surface area contributed by atoms with Gasteiger partial charge in [-0.05, 0) is 24.6 Å². The molecule has 1 saturated heterocycles. The zero-order chi connectivity index (χ0) is 23.2. The molecule has 33 heavy (non-hydrogen) atoms. The highest BCUT2D eigenvalue weighted by molar-refractivity contribution is 6.36. The molecule has 1 unspecified atom stereocenters. The van der Waals surface area contributed by atoms with E-state index in [1.54, 1.807) is 30.5 Å². The van der Waals surface area contributed by atoms with Crippen LogP contribution in [0.15, 0.2) is 48.8 Å². The normalized spacial score (nSPS) is 20.4. The van der Waals surface area contributed by atoms with Crippen molar-refractivity contribution in [2.24, 2.45) is 0 Å². The zero-order valence-corrected chi connectivity index (χ0v) is 18.9. The lowest BCUT2D eigenvalue weighted by atomic mass is 9.83. The molecular weight excluding hydrogens is 452 g/mol. The van der Waals surface area contributed by atoms with Gasteiger partial charge in [-0.15, -0.1) is 0 Å². The van der Waals surface area contributed by atoms with E-state index in [1.807, 2.05) is 29.7 Å². The summed E-state index contributed by atoms with van der Waals surface area (Å²) in [4.78, 5) is 8.74. The van der Waals surface area contributed by atoms with Crippen LogP contribution in [0.1, 0.15) is 23.2 Å². The van der Waals surface area contributed by atoms with Crippen LogP contribution in [0.3, 0.4) is 0 Å². The van der Waals surface area contributed by atoms with Crippen molar-refractivity contribution < 1.29 is 23.0 Å². The maximum atomic E-state index is 14.8. The molecule has 0 spiro atoms. The van der Waals surface area contributed by atoms with Gasteiger partial charge in [0, 0.05) is 36.9 Å². The highest BCUT2D eigenvalue weighted by Gasteiger charge is 2.57. The van der Waals surface area contributed by atoms with E-state index >= 15 is 0 Å². The number of fused-ring (bicyclic) bond motifs is 3. The van der Waals surface area contributed by atoms with Gasteiger partial charge in [0.05, 0.1) is 22.8 Å². The first kappa shape index (κ1) is 22.0. The maximum Gasteiger partial charge on any atom is 0.303 e. The predicted molar refractivity (Wildman–Crippen MR) is 120 cm³/mol. The Balaban J connectivity index is 1.46. The predicted octanol–water partition coefficient (Wildman–Crippen LogP) is 5.32. The van der Waals surface area contributed by atoms with Gasteiger partial charge in [-0.3, -0.25) is 4.40 Å². The van der Waals surface area contributed by atoms with E-state index in [4.69, 9.17) is 25.8 Å². The number of benzene rings is 2. The molecule has 0 amide bonds. The van der Waals surface area contributed by atoms with Gasteiger partial charge < -0.3 is 14.2 Å². The number of hydrogen-bond donors (Lipinski definition) is 0. The Kier molecular flexibility index (Phi) is 5.47. The molecule has 1 fully saturated rings. The maximum absolute atomic E-state index is 14.8. The van der Waals surface area contributed by atoms with Crippen LogP contribution in [0.25, 0.3) is 16.7 Å². The number of aryl methyl sites for hydroxylation is 1. The van der Waals surface area contributed by atoms with Crippen LogP contribution in [0, 0.1) is 6.92 Å². The smallest absolute Gasteiger partial charge is 0.303 e. The van der Waals surface area contributed by atoms with E-state index in [-0.39, 0.29) is 19.6 Å². The lowest BCUT2D eigenvalue weighted by Crippen LogP contribution is -2.53. The lowest BCUT2D eigenvalue weighted by molar-refractivity contribution is -0.260. The molecule has 6 nitrogen and oxygen atoms in total. The van der Waals surface area contributed by atoms with Crippen molar-refractivity contribution in [1.29, 1.82) is 0 Å². The molecule has 4 aromatic rings. The van der Waals surface area contributed by atoms with Crippen LogP contribution < -0.4 is 4.74 Å². The van der Waals surface area contributed by atoms with Gasteiger partial charge in [-0.25, -0.2) is 18.7 Å². The summed E-state index contributed by atoms with van der Waals surface area (Å²) in [6, 6.07) is 10.5. The molecule has 1 aliphatic heterocycles. The number of hydrogen-bond acceptors (Lipinski definition) is 5. The summed E-state index contributed by atoms with van der Waals surface area (Å²) in [5.74, 6) is -2.15.